The maximum Gasteiger partial charge on any atom is 0.246 e. The van der Waals surface area contributed by atoms with Crippen LogP contribution in [0.25, 0.3) is 0 Å². The number of carbonyl (C=O) groups excluding carboxylic acids is 2. The third kappa shape index (κ3) is 2.09. The van der Waals surface area contributed by atoms with Gasteiger partial charge in [0.1, 0.15) is 0 Å². The number of aromatic nitrogens is 1. The summed E-state index contributed by atoms with van der Waals surface area (Å²) in [7, 11) is 0. The second-order valence-corrected chi connectivity index (χ2v) is 3.78. The average molecular weight is 219 g/mol. The van der Waals surface area contributed by atoms with Crippen LogP contribution in [-0.2, 0) is 16.1 Å². The molecule has 16 heavy (non-hydrogen) atoms. The van der Waals surface area contributed by atoms with Gasteiger partial charge >= 0.3 is 0 Å². The number of amides is 2. The van der Waals surface area contributed by atoms with Crippen LogP contribution in [0.1, 0.15) is 18.5 Å². The zero-order valence-corrected chi connectivity index (χ0v) is 8.80. The van der Waals surface area contributed by atoms with Gasteiger partial charge in [0.05, 0.1) is 18.3 Å². The molecular weight excluding hydrogens is 206 g/mol. The molecule has 1 atom stereocenters. The summed E-state index contributed by atoms with van der Waals surface area (Å²) in [6.45, 7) is 0.214. The van der Waals surface area contributed by atoms with E-state index >= 15 is 0 Å². The first-order chi connectivity index (χ1) is 7.68. The summed E-state index contributed by atoms with van der Waals surface area (Å²) in [6.07, 6.45) is 2.41. The topological polar surface area (TPSA) is 76.3 Å². The minimum atomic E-state index is -0.554. The Morgan fingerprint density at radius 2 is 2.25 bits per heavy atom. The monoisotopic (exact) mass is 219 g/mol. The Kier molecular flexibility index (Phi) is 2.96. The van der Waals surface area contributed by atoms with E-state index in [1.807, 2.05) is 6.07 Å². The number of nitrogens with zero attached hydrogens (tertiary/aromatic N) is 2. The van der Waals surface area contributed by atoms with E-state index in [2.05, 4.69) is 4.98 Å². The molecule has 0 spiro atoms. The Morgan fingerprint density at radius 1 is 1.44 bits per heavy atom. The summed E-state index contributed by atoms with van der Waals surface area (Å²) in [5, 5.41) is 0. The molecule has 1 aliphatic heterocycles. The van der Waals surface area contributed by atoms with Crippen LogP contribution in [0.15, 0.2) is 24.4 Å². The summed E-state index contributed by atoms with van der Waals surface area (Å²) in [5.74, 6) is -0.473. The molecule has 1 aromatic heterocycles. The highest BCUT2D eigenvalue weighted by Crippen LogP contribution is 2.14. The molecule has 0 radical (unpaired) electrons. The quantitative estimate of drug-likeness (QED) is 0.713. The normalized spacial score (nSPS) is 21.3. The van der Waals surface area contributed by atoms with Crippen LogP contribution in [-0.4, -0.2) is 27.7 Å². The van der Waals surface area contributed by atoms with Crippen molar-refractivity contribution in [2.75, 3.05) is 0 Å². The summed E-state index contributed by atoms with van der Waals surface area (Å²) in [6, 6.07) is 4.83. The number of hydrogen-bond acceptors (Lipinski definition) is 4. The molecule has 2 rings (SSSR count). The molecule has 0 bridgehead atoms. The number of rotatable bonds is 2. The first-order valence-corrected chi connectivity index (χ1v) is 5.18. The summed E-state index contributed by atoms with van der Waals surface area (Å²) in [4.78, 5) is 28.5. The first kappa shape index (κ1) is 10.8. The number of pyridine rings is 1. The van der Waals surface area contributed by atoms with Crippen molar-refractivity contribution in [3.05, 3.63) is 30.1 Å². The third-order valence-electron chi connectivity index (χ3n) is 2.60. The van der Waals surface area contributed by atoms with Crippen LogP contribution in [0.3, 0.4) is 0 Å². The van der Waals surface area contributed by atoms with Gasteiger partial charge in [-0.1, -0.05) is 6.07 Å². The minimum Gasteiger partial charge on any atom is -0.320 e. The lowest BCUT2D eigenvalue weighted by Crippen LogP contribution is -2.50. The maximum atomic E-state index is 11.7. The van der Waals surface area contributed by atoms with Crippen molar-refractivity contribution in [2.45, 2.75) is 25.4 Å². The van der Waals surface area contributed by atoms with Crippen LogP contribution in [0, 0.1) is 0 Å². The van der Waals surface area contributed by atoms with Crippen molar-refractivity contribution in [1.29, 1.82) is 0 Å². The van der Waals surface area contributed by atoms with Gasteiger partial charge in [0.25, 0.3) is 0 Å². The Bertz CT molecular complexity index is 405. The Labute approximate surface area is 93.3 Å². The van der Waals surface area contributed by atoms with Gasteiger partial charge in [-0.25, -0.2) is 0 Å². The fourth-order valence-electron chi connectivity index (χ4n) is 1.68. The largest absolute Gasteiger partial charge is 0.320 e. The van der Waals surface area contributed by atoms with E-state index in [1.54, 1.807) is 18.3 Å². The van der Waals surface area contributed by atoms with Crippen molar-refractivity contribution < 1.29 is 9.59 Å². The Balaban J connectivity index is 2.13. The molecule has 1 unspecified atom stereocenters. The summed E-state index contributed by atoms with van der Waals surface area (Å²) in [5.41, 5.74) is 6.31. The van der Waals surface area contributed by atoms with E-state index in [0.29, 0.717) is 18.5 Å². The van der Waals surface area contributed by atoms with Crippen LogP contribution < -0.4 is 5.73 Å². The van der Waals surface area contributed by atoms with E-state index in [0.717, 1.165) is 0 Å². The van der Waals surface area contributed by atoms with E-state index in [1.165, 1.54) is 4.90 Å². The highest BCUT2D eigenvalue weighted by Gasteiger charge is 2.31. The van der Waals surface area contributed by atoms with Crippen molar-refractivity contribution in [3.8, 4) is 0 Å². The molecule has 5 heteroatoms. The van der Waals surface area contributed by atoms with Crippen LogP contribution in [0.2, 0.25) is 0 Å². The van der Waals surface area contributed by atoms with Gasteiger partial charge in [0.15, 0.2) is 0 Å². The molecule has 2 heterocycles. The zero-order chi connectivity index (χ0) is 11.5. The molecule has 1 aromatic rings. The fourth-order valence-corrected chi connectivity index (χ4v) is 1.68. The SMILES string of the molecule is NC1CCC(=O)N(Cc2ccccn2)C1=O. The molecule has 0 saturated carbocycles. The van der Waals surface area contributed by atoms with Gasteiger partial charge in [0.2, 0.25) is 11.8 Å². The number of imide groups is 1. The molecule has 2 amide bonds. The van der Waals surface area contributed by atoms with E-state index in [4.69, 9.17) is 5.73 Å². The molecule has 1 aliphatic rings. The average Bonchev–Trinajstić information content (AvgIpc) is 2.31. The molecule has 2 N–H and O–H groups in total. The highest BCUT2D eigenvalue weighted by molar-refractivity contribution is 6.00. The minimum absolute atomic E-state index is 0.169. The van der Waals surface area contributed by atoms with E-state index in [-0.39, 0.29) is 18.4 Å². The summed E-state index contributed by atoms with van der Waals surface area (Å²) < 4.78 is 0. The third-order valence-corrected chi connectivity index (χ3v) is 2.60. The molecule has 84 valence electrons. The maximum absolute atomic E-state index is 11.7. The van der Waals surface area contributed by atoms with Gasteiger partial charge in [0, 0.05) is 12.6 Å². The second kappa shape index (κ2) is 4.40. The molecule has 1 saturated heterocycles. The molecule has 1 fully saturated rings. The number of likely N-dealkylation sites (tertiary alicyclic amines) is 1. The molecule has 5 nitrogen and oxygen atoms in total. The van der Waals surface area contributed by atoms with Gasteiger partial charge in [-0.3, -0.25) is 19.5 Å². The van der Waals surface area contributed by atoms with Gasteiger partial charge in [-0.15, -0.1) is 0 Å². The van der Waals surface area contributed by atoms with Gasteiger partial charge < -0.3 is 5.73 Å². The highest BCUT2D eigenvalue weighted by atomic mass is 16.2. The van der Waals surface area contributed by atoms with Gasteiger partial charge in [-0.2, -0.15) is 0 Å². The number of nitrogens with two attached hydrogens (primary N) is 1. The number of carbonyl (C=O) groups is 2. The fraction of sp³-hybridized carbons (Fsp3) is 0.364. The lowest BCUT2D eigenvalue weighted by atomic mass is 10.0. The first-order valence-electron chi connectivity index (χ1n) is 5.18. The van der Waals surface area contributed by atoms with Crippen LogP contribution in [0.4, 0.5) is 0 Å². The standard InChI is InChI=1S/C11H13N3O2/c12-9-4-5-10(15)14(11(9)16)7-8-3-1-2-6-13-8/h1-3,6,9H,4-5,7,12H2. The van der Waals surface area contributed by atoms with Crippen LogP contribution >= 0.6 is 0 Å². The van der Waals surface area contributed by atoms with Crippen molar-refractivity contribution in [3.63, 3.8) is 0 Å². The molecule has 0 aromatic carbocycles. The van der Waals surface area contributed by atoms with Crippen molar-refractivity contribution in [1.82, 2.24) is 9.88 Å². The van der Waals surface area contributed by atoms with Crippen LogP contribution in [0.5, 0.6) is 0 Å². The van der Waals surface area contributed by atoms with E-state index in [9.17, 15) is 9.59 Å². The van der Waals surface area contributed by atoms with Gasteiger partial charge in [-0.05, 0) is 18.6 Å². The van der Waals surface area contributed by atoms with Crippen molar-refractivity contribution >= 4 is 11.8 Å². The number of hydrogen-bond donors (Lipinski definition) is 1. The Hall–Kier alpha value is -1.75. The summed E-state index contributed by atoms with van der Waals surface area (Å²) >= 11 is 0. The Morgan fingerprint density at radius 3 is 2.94 bits per heavy atom. The molecular formula is C11H13N3O2. The van der Waals surface area contributed by atoms with Crippen molar-refractivity contribution in [2.24, 2.45) is 5.73 Å². The zero-order valence-electron chi connectivity index (χ0n) is 8.80. The number of piperidine rings is 1. The predicted octanol–water partition coefficient (Wildman–Crippen LogP) is 0.0579. The predicted molar refractivity (Wildman–Crippen MR) is 57.0 cm³/mol. The second-order valence-electron chi connectivity index (χ2n) is 3.78. The molecule has 0 aliphatic carbocycles. The van der Waals surface area contributed by atoms with E-state index < -0.39 is 6.04 Å². The lowest BCUT2D eigenvalue weighted by Gasteiger charge is -2.28. The smallest absolute Gasteiger partial charge is 0.246 e. The lowest BCUT2D eigenvalue weighted by molar-refractivity contribution is -0.149.